The Hall–Kier alpha value is -0.900. The van der Waals surface area contributed by atoms with Gasteiger partial charge in [-0.05, 0) is 20.8 Å². The van der Waals surface area contributed by atoms with Crippen molar-refractivity contribution in [3.63, 3.8) is 0 Å². The molecule has 0 radical (unpaired) electrons. The Morgan fingerprint density at radius 3 is 1.71 bits per heavy atom. The summed E-state index contributed by atoms with van der Waals surface area (Å²) in [6, 6.07) is 0. The van der Waals surface area contributed by atoms with Gasteiger partial charge in [-0.1, -0.05) is 13.8 Å². The third-order valence-electron chi connectivity index (χ3n) is 1.37. The molecule has 2 amide bonds. The normalized spacial score (nSPS) is 16.8. The first-order valence-electron chi connectivity index (χ1n) is 4.95. The molecule has 0 saturated carbocycles. The topological polar surface area (TPSA) is 46.6 Å². The van der Waals surface area contributed by atoms with E-state index in [9.17, 15) is 9.59 Å². The highest BCUT2D eigenvalue weighted by Crippen LogP contribution is 2.18. The maximum Gasteiger partial charge on any atom is 0.254 e. The Bertz CT molecular complexity index is 202. The fraction of sp³-hybridized carbons (Fsp3) is 0.800. The molecule has 4 heteroatoms. The molecule has 0 bridgehead atoms. The number of carbonyl (C=O) groups excluding carboxylic acids is 2. The second kappa shape index (κ2) is 5.10. The average Bonchev–Trinajstić information content (AvgIpc) is 2.37. The van der Waals surface area contributed by atoms with Crippen LogP contribution in [0.1, 0.15) is 47.5 Å². The first-order valence-corrected chi connectivity index (χ1v) is 4.95. The van der Waals surface area contributed by atoms with Gasteiger partial charge in [0.15, 0.2) is 0 Å². The van der Waals surface area contributed by atoms with Crippen LogP contribution in [0.5, 0.6) is 0 Å². The molecule has 82 valence electrons. The summed E-state index contributed by atoms with van der Waals surface area (Å²) < 4.78 is 0. The second-order valence-corrected chi connectivity index (χ2v) is 3.79. The highest BCUT2D eigenvalue weighted by Gasteiger charge is 2.33. The van der Waals surface area contributed by atoms with Crippen LogP contribution in [0.25, 0.3) is 0 Å². The Kier molecular flexibility index (Phi) is 4.77. The summed E-state index contributed by atoms with van der Waals surface area (Å²) in [5.74, 6) is -0.482. The molecular formula is C10H19NO3. The maximum absolute atomic E-state index is 11.0. The number of hydrogen-bond donors (Lipinski definition) is 0. The molecule has 0 spiro atoms. The summed E-state index contributed by atoms with van der Waals surface area (Å²) in [6.45, 7) is 9.39. The van der Waals surface area contributed by atoms with Crippen molar-refractivity contribution in [2.45, 2.75) is 53.1 Å². The van der Waals surface area contributed by atoms with Gasteiger partial charge in [0.1, 0.15) is 0 Å². The number of nitrogens with zero attached hydrogens (tertiary/aromatic N) is 1. The lowest BCUT2D eigenvalue weighted by Gasteiger charge is -2.24. The first kappa shape index (κ1) is 13.1. The van der Waals surface area contributed by atoms with Gasteiger partial charge in [0.25, 0.3) is 11.8 Å². The molecule has 0 N–H and O–H groups in total. The molecule has 1 heterocycles. The average molecular weight is 201 g/mol. The number of amides is 2. The molecule has 0 aromatic carbocycles. The number of rotatable bonds is 1. The lowest BCUT2D eigenvalue weighted by molar-refractivity contribution is -0.218. The van der Waals surface area contributed by atoms with E-state index in [-0.39, 0.29) is 24.7 Å². The van der Waals surface area contributed by atoms with Gasteiger partial charge in [-0.25, -0.2) is 0 Å². The van der Waals surface area contributed by atoms with E-state index in [1.165, 1.54) is 0 Å². The van der Waals surface area contributed by atoms with Crippen LogP contribution >= 0.6 is 0 Å². The van der Waals surface area contributed by atoms with Gasteiger partial charge in [0.2, 0.25) is 0 Å². The van der Waals surface area contributed by atoms with E-state index in [1.807, 2.05) is 13.8 Å². The molecule has 1 saturated heterocycles. The van der Waals surface area contributed by atoms with Crippen LogP contribution in [-0.4, -0.2) is 22.5 Å². The molecule has 0 aromatic rings. The van der Waals surface area contributed by atoms with E-state index in [2.05, 4.69) is 0 Å². The van der Waals surface area contributed by atoms with Gasteiger partial charge >= 0.3 is 0 Å². The number of imide groups is 1. The molecule has 0 atom stereocenters. The molecule has 4 nitrogen and oxygen atoms in total. The molecule has 1 fully saturated rings. The van der Waals surface area contributed by atoms with Crippen LogP contribution < -0.4 is 0 Å². The number of carbonyl (C=O) groups is 2. The molecule has 14 heavy (non-hydrogen) atoms. The fourth-order valence-electron chi connectivity index (χ4n) is 0.932. The van der Waals surface area contributed by atoms with E-state index in [0.717, 1.165) is 5.06 Å². The van der Waals surface area contributed by atoms with Gasteiger partial charge in [-0.2, -0.15) is 5.06 Å². The molecule has 1 aliphatic heterocycles. The van der Waals surface area contributed by atoms with Gasteiger partial charge in [-0.3, -0.25) is 14.4 Å². The molecule has 0 aromatic heterocycles. The predicted molar refractivity (Wildman–Crippen MR) is 53.3 cm³/mol. The first-order chi connectivity index (χ1) is 6.40. The summed E-state index contributed by atoms with van der Waals surface area (Å²) in [5.41, 5.74) is -0.490. The number of hydrogen-bond acceptors (Lipinski definition) is 3. The molecule has 0 aliphatic carbocycles. The Balaban J connectivity index is 0.000000791. The van der Waals surface area contributed by atoms with E-state index in [4.69, 9.17) is 4.84 Å². The lowest BCUT2D eigenvalue weighted by atomic mass is 10.2. The fourth-order valence-corrected chi connectivity index (χ4v) is 0.932. The second-order valence-electron chi connectivity index (χ2n) is 3.79. The predicted octanol–water partition coefficient (Wildman–Crippen LogP) is 1.89. The minimum Gasteiger partial charge on any atom is -0.272 e. The summed E-state index contributed by atoms with van der Waals surface area (Å²) in [6.07, 6.45) is 0.545. The van der Waals surface area contributed by atoms with Crippen LogP contribution in [0.4, 0.5) is 0 Å². The SMILES string of the molecule is CC.CC(C)(C)ON1C(=O)CCC1=O. The van der Waals surface area contributed by atoms with Crippen LogP contribution in [-0.2, 0) is 14.4 Å². The zero-order valence-electron chi connectivity index (χ0n) is 9.59. The highest BCUT2D eigenvalue weighted by atomic mass is 16.7. The minimum atomic E-state index is -0.490. The smallest absolute Gasteiger partial charge is 0.254 e. The molecule has 1 aliphatic rings. The van der Waals surface area contributed by atoms with Crippen molar-refractivity contribution in [1.82, 2.24) is 5.06 Å². The van der Waals surface area contributed by atoms with Crippen molar-refractivity contribution >= 4 is 11.8 Å². The monoisotopic (exact) mass is 201 g/mol. The van der Waals surface area contributed by atoms with Crippen LogP contribution in [0.15, 0.2) is 0 Å². The largest absolute Gasteiger partial charge is 0.272 e. The lowest BCUT2D eigenvalue weighted by Crippen LogP contribution is -2.37. The minimum absolute atomic E-state index is 0.241. The Morgan fingerprint density at radius 1 is 1.07 bits per heavy atom. The van der Waals surface area contributed by atoms with E-state index < -0.39 is 5.60 Å². The maximum atomic E-state index is 11.0. The van der Waals surface area contributed by atoms with Gasteiger partial charge < -0.3 is 0 Å². The van der Waals surface area contributed by atoms with Crippen molar-refractivity contribution in [2.24, 2.45) is 0 Å². The van der Waals surface area contributed by atoms with Crippen molar-refractivity contribution in [3.8, 4) is 0 Å². The quantitative estimate of drug-likeness (QED) is 0.609. The number of hydroxylamine groups is 2. The van der Waals surface area contributed by atoms with E-state index >= 15 is 0 Å². The third kappa shape index (κ3) is 3.87. The Labute approximate surface area is 85.2 Å². The van der Waals surface area contributed by atoms with Crippen LogP contribution in [0.2, 0.25) is 0 Å². The van der Waals surface area contributed by atoms with Gasteiger partial charge in [-0.15, -0.1) is 0 Å². The van der Waals surface area contributed by atoms with Crippen molar-refractivity contribution in [1.29, 1.82) is 0 Å². The van der Waals surface area contributed by atoms with E-state index in [0.29, 0.717) is 0 Å². The van der Waals surface area contributed by atoms with E-state index in [1.54, 1.807) is 20.8 Å². The zero-order chi connectivity index (χ0) is 11.4. The Morgan fingerprint density at radius 2 is 1.43 bits per heavy atom. The van der Waals surface area contributed by atoms with Crippen LogP contribution in [0.3, 0.4) is 0 Å². The molecule has 1 rings (SSSR count). The molecular weight excluding hydrogens is 182 g/mol. The zero-order valence-corrected chi connectivity index (χ0v) is 9.59. The van der Waals surface area contributed by atoms with Crippen molar-refractivity contribution in [2.75, 3.05) is 0 Å². The third-order valence-corrected chi connectivity index (χ3v) is 1.37. The standard InChI is InChI=1S/C8H13NO3.C2H6/c1-8(2,3)12-9-6(10)4-5-7(9)11;1-2/h4-5H2,1-3H3;1-2H3. The summed E-state index contributed by atoms with van der Waals surface area (Å²) in [4.78, 5) is 27.2. The van der Waals surface area contributed by atoms with Gasteiger partial charge in [0, 0.05) is 12.8 Å². The summed E-state index contributed by atoms with van der Waals surface area (Å²) in [5, 5.41) is 0.875. The van der Waals surface area contributed by atoms with Gasteiger partial charge in [0.05, 0.1) is 5.60 Å². The molecule has 0 unspecified atom stereocenters. The van der Waals surface area contributed by atoms with Crippen LogP contribution in [0, 0.1) is 0 Å². The summed E-state index contributed by atoms with van der Waals surface area (Å²) >= 11 is 0. The van der Waals surface area contributed by atoms with Crippen molar-refractivity contribution in [3.05, 3.63) is 0 Å². The summed E-state index contributed by atoms with van der Waals surface area (Å²) in [7, 11) is 0. The van der Waals surface area contributed by atoms with Crippen molar-refractivity contribution < 1.29 is 14.4 Å². The highest BCUT2D eigenvalue weighted by molar-refractivity contribution is 6.00.